The summed E-state index contributed by atoms with van der Waals surface area (Å²) in [6, 6.07) is 18.0. The van der Waals surface area contributed by atoms with Crippen molar-refractivity contribution in [3.63, 3.8) is 0 Å². The van der Waals surface area contributed by atoms with Crippen molar-refractivity contribution < 1.29 is 4.79 Å². The molecule has 4 heteroatoms. The topological polar surface area (TPSA) is 54.0 Å². The normalized spacial score (nSPS) is 10.6. The molecule has 0 spiro atoms. The third-order valence-electron chi connectivity index (χ3n) is 4.16. The highest BCUT2D eigenvalue weighted by Crippen LogP contribution is 2.27. The highest BCUT2D eigenvalue weighted by molar-refractivity contribution is 5.93. The standard InChI is InChI=1S/C21H23N3O/c1-3-4-12-22-21(25)24-18-10-11-20-17(13-18)14-19(15(2)23-20)16-8-6-5-7-9-16/h5-11,13-14H,3-4,12H2,1-2H3,(H2,22,24,25). The summed E-state index contributed by atoms with van der Waals surface area (Å²) >= 11 is 0. The van der Waals surface area contributed by atoms with Gasteiger partial charge >= 0.3 is 6.03 Å². The van der Waals surface area contributed by atoms with E-state index in [-0.39, 0.29) is 6.03 Å². The van der Waals surface area contributed by atoms with Gasteiger partial charge in [0.25, 0.3) is 0 Å². The zero-order valence-electron chi connectivity index (χ0n) is 14.7. The zero-order chi connectivity index (χ0) is 17.6. The lowest BCUT2D eigenvalue weighted by Crippen LogP contribution is -2.29. The van der Waals surface area contributed by atoms with Crippen molar-refractivity contribution >= 4 is 22.6 Å². The van der Waals surface area contributed by atoms with Gasteiger partial charge in [-0.05, 0) is 43.2 Å². The Labute approximate surface area is 148 Å². The maximum absolute atomic E-state index is 11.9. The van der Waals surface area contributed by atoms with Gasteiger partial charge in [-0.3, -0.25) is 4.98 Å². The van der Waals surface area contributed by atoms with Crippen molar-refractivity contribution in [2.75, 3.05) is 11.9 Å². The minimum atomic E-state index is -0.170. The average Bonchev–Trinajstić information content (AvgIpc) is 2.62. The van der Waals surface area contributed by atoms with Crippen LogP contribution >= 0.6 is 0 Å². The van der Waals surface area contributed by atoms with Gasteiger partial charge in [-0.2, -0.15) is 0 Å². The third-order valence-corrected chi connectivity index (χ3v) is 4.16. The Morgan fingerprint density at radius 1 is 1.08 bits per heavy atom. The van der Waals surface area contributed by atoms with Gasteiger partial charge in [-0.1, -0.05) is 43.7 Å². The molecule has 4 nitrogen and oxygen atoms in total. The predicted molar refractivity (Wildman–Crippen MR) is 104 cm³/mol. The third kappa shape index (κ3) is 4.15. The van der Waals surface area contributed by atoms with Crippen LogP contribution in [-0.4, -0.2) is 17.6 Å². The molecule has 0 aliphatic rings. The van der Waals surface area contributed by atoms with Crippen LogP contribution in [0.4, 0.5) is 10.5 Å². The molecule has 2 aromatic carbocycles. The van der Waals surface area contributed by atoms with Crippen LogP contribution in [0, 0.1) is 6.92 Å². The molecule has 3 rings (SSSR count). The number of aryl methyl sites for hydroxylation is 1. The van der Waals surface area contributed by atoms with E-state index in [9.17, 15) is 4.79 Å². The molecule has 0 bridgehead atoms. The number of pyridine rings is 1. The number of amides is 2. The molecule has 0 unspecified atom stereocenters. The highest BCUT2D eigenvalue weighted by atomic mass is 16.2. The van der Waals surface area contributed by atoms with Crippen LogP contribution in [0.1, 0.15) is 25.5 Å². The summed E-state index contributed by atoms with van der Waals surface area (Å²) in [5.41, 5.74) is 4.94. The van der Waals surface area contributed by atoms with Crippen LogP contribution < -0.4 is 10.6 Å². The van der Waals surface area contributed by atoms with E-state index in [4.69, 9.17) is 4.98 Å². The Hall–Kier alpha value is -2.88. The number of hydrogen-bond acceptors (Lipinski definition) is 2. The molecule has 1 aromatic heterocycles. The largest absolute Gasteiger partial charge is 0.338 e. The molecular weight excluding hydrogens is 310 g/mol. The molecule has 2 amide bonds. The fraction of sp³-hybridized carbons (Fsp3) is 0.238. The van der Waals surface area contributed by atoms with Gasteiger partial charge < -0.3 is 10.6 Å². The molecule has 128 valence electrons. The first-order chi connectivity index (χ1) is 12.2. The zero-order valence-corrected chi connectivity index (χ0v) is 14.7. The molecule has 0 atom stereocenters. The quantitative estimate of drug-likeness (QED) is 0.636. The molecular formula is C21H23N3O. The van der Waals surface area contributed by atoms with Crippen molar-refractivity contribution in [1.82, 2.24) is 10.3 Å². The molecule has 1 heterocycles. The number of carbonyl (C=O) groups is 1. The Morgan fingerprint density at radius 3 is 2.64 bits per heavy atom. The lowest BCUT2D eigenvalue weighted by Gasteiger charge is -2.10. The summed E-state index contributed by atoms with van der Waals surface area (Å²) in [6.45, 7) is 4.81. The number of rotatable bonds is 5. The molecule has 2 N–H and O–H groups in total. The number of anilines is 1. The van der Waals surface area contributed by atoms with Crippen LogP contribution in [0.15, 0.2) is 54.6 Å². The Balaban J connectivity index is 1.86. The molecule has 0 fully saturated rings. The van der Waals surface area contributed by atoms with Crippen molar-refractivity contribution in [2.24, 2.45) is 0 Å². The second-order valence-corrected chi connectivity index (χ2v) is 6.13. The van der Waals surface area contributed by atoms with E-state index in [2.05, 4.69) is 35.8 Å². The molecule has 0 aliphatic heterocycles. The van der Waals surface area contributed by atoms with Gasteiger partial charge in [-0.15, -0.1) is 0 Å². The molecule has 25 heavy (non-hydrogen) atoms. The lowest BCUT2D eigenvalue weighted by atomic mass is 10.0. The van der Waals surface area contributed by atoms with Gasteiger partial charge in [-0.25, -0.2) is 4.79 Å². The molecule has 0 saturated carbocycles. The van der Waals surface area contributed by atoms with Gasteiger partial charge in [0.1, 0.15) is 0 Å². The SMILES string of the molecule is CCCCNC(=O)Nc1ccc2nc(C)c(-c3ccccc3)cc2c1. The summed E-state index contributed by atoms with van der Waals surface area (Å²) in [6.07, 6.45) is 2.04. The maximum atomic E-state index is 11.9. The van der Waals surface area contributed by atoms with E-state index in [1.54, 1.807) is 0 Å². The number of aromatic nitrogens is 1. The molecule has 0 radical (unpaired) electrons. The van der Waals surface area contributed by atoms with Crippen LogP contribution in [-0.2, 0) is 0 Å². The minimum absolute atomic E-state index is 0.170. The fourth-order valence-electron chi connectivity index (χ4n) is 2.81. The Kier molecular flexibility index (Phi) is 5.29. The highest BCUT2D eigenvalue weighted by Gasteiger charge is 2.07. The molecule has 0 aliphatic carbocycles. The Morgan fingerprint density at radius 2 is 1.88 bits per heavy atom. The summed E-state index contributed by atoms with van der Waals surface area (Å²) < 4.78 is 0. The first kappa shape index (κ1) is 17.0. The summed E-state index contributed by atoms with van der Waals surface area (Å²) in [4.78, 5) is 16.6. The first-order valence-corrected chi connectivity index (χ1v) is 8.69. The van der Waals surface area contributed by atoms with E-state index >= 15 is 0 Å². The van der Waals surface area contributed by atoms with Gasteiger partial charge in [0.05, 0.1) is 5.52 Å². The van der Waals surface area contributed by atoms with Crippen molar-refractivity contribution in [1.29, 1.82) is 0 Å². The van der Waals surface area contributed by atoms with Gasteiger partial charge in [0.2, 0.25) is 0 Å². The summed E-state index contributed by atoms with van der Waals surface area (Å²) in [5.74, 6) is 0. The van der Waals surface area contributed by atoms with Crippen LogP contribution in [0.25, 0.3) is 22.0 Å². The van der Waals surface area contributed by atoms with Crippen LogP contribution in [0.2, 0.25) is 0 Å². The number of unbranched alkanes of at least 4 members (excludes halogenated alkanes) is 1. The maximum Gasteiger partial charge on any atom is 0.319 e. The van der Waals surface area contributed by atoms with Crippen molar-refractivity contribution in [3.05, 3.63) is 60.3 Å². The van der Waals surface area contributed by atoms with E-state index in [1.807, 2.05) is 43.3 Å². The molecule has 0 saturated heterocycles. The second-order valence-electron chi connectivity index (χ2n) is 6.13. The first-order valence-electron chi connectivity index (χ1n) is 8.69. The second kappa shape index (κ2) is 7.79. The van der Waals surface area contributed by atoms with Crippen LogP contribution in [0.3, 0.4) is 0 Å². The number of hydrogen-bond donors (Lipinski definition) is 2. The number of benzene rings is 2. The Bertz CT molecular complexity index is 875. The van der Waals surface area contributed by atoms with Gasteiger partial charge in [0.15, 0.2) is 0 Å². The number of urea groups is 1. The number of nitrogens with one attached hydrogen (secondary N) is 2. The lowest BCUT2D eigenvalue weighted by molar-refractivity contribution is 0.252. The molecule has 3 aromatic rings. The van der Waals surface area contributed by atoms with E-state index in [0.29, 0.717) is 6.54 Å². The predicted octanol–water partition coefficient (Wildman–Crippen LogP) is 5.13. The van der Waals surface area contributed by atoms with E-state index in [0.717, 1.165) is 46.3 Å². The summed E-state index contributed by atoms with van der Waals surface area (Å²) in [7, 11) is 0. The summed E-state index contributed by atoms with van der Waals surface area (Å²) in [5, 5.41) is 6.76. The average molecular weight is 333 g/mol. The van der Waals surface area contributed by atoms with Crippen LogP contribution in [0.5, 0.6) is 0 Å². The smallest absolute Gasteiger partial charge is 0.319 e. The number of fused-ring (bicyclic) bond motifs is 1. The minimum Gasteiger partial charge on any atom is -0.338 e. The van der Waals surface area contributed by atoms with Crippen molar-refractivity contribution in [2.45, 2.75) is 26.7 Å². The van der Waals surface area contributed by atoms with E-state index in [1.165, 1.54) is 0 Å². The van der Waals surface area contributed by atoms with E-state index < -0.39 is 0 Å². The number of nitrogens with zero attached hydrogens (tertiary/aromatic N) is 1. The van der Waals surface area contributed by atoms with Gasteiger partial charge in [0, 0.05) is 28.9 Å². The fourth-order valence-corrected chi connectivity index (χ4v) is 2.81. The monoisotopic (exact) mass is 333 g/mol. The number of carbonyl (C=O) groups excluding carboxylic acids is 1. The van der Waals surface area contributed by atoms with Crippen molar-refractivity contribution in [3.8, 4) is 11.1 Å².